The number of esters is 1. The van der Waals surface area contributed by atoms with Crippen molar-refractivity contribution in [1.29, 1.82) is 0 Å². The van der Waals surface area contributed by atoms with Crippen molar-refractivity contribution in [2.24, 2.45) is 0 Å². The Balaban J connectivity index is 2.11. The first-order chi connectivity index (χ1) is 12.0. The van der Waals surface area contributed by atoms with Crippen LogP contribution in [0.2, 0.25) is 0 Å². The molecule has 25 heavy (non-hydrogen) atoms. The molecule has 2 aromatic rings. The fraction of sp³-hybridized carbons (Fsp3) is 0.300. The first-order valence-corrected chi connectivity index (χ1v) is 8.05. The molecule has 0 heterocycles. The third kappa shape index (κ3) is 5.16. The molecule has 132 valence electrons. The van der Waals surface area contributed by atoms with E-state index >= 15 is 0 Å². The number of rotatable bonds is 7. The highest BCUT2D eigenvalue weighted by molar-refractivity contribution is 5.94. The van der Waals surface area contributed by atoms with Crippen molar-refractivity contribution in [2.45, 2.75) is 19.4 Å². The second-order valence-corrected chi connectivity index (χ2v) is 5.83. The van der Waals surface area contributed by atoms with Gasteiger partial charge in [0, 0.05) is 19.2 Å². The van der Waals surface area contributed by atoms with Crippen LogP contribution >= 0.6 is 0 Å². The fourth-order valence-corrected chi connectivity index (χ4v) is 2.63. The Morgan fingerprint density at radius 2 is 1.84 bits per heavy atom. The zero-order valence-corrected chi connectivity index (χ0v) is 14.7. The number of aryl methyl sites for hydroxylation is 1. The van der Waals surface area contributed by atoms with Crippen LogP contribution in [-0.2, 0) is 20.9 Å². The van der Waals surface area contributed by atoms with E-state index in [4.69, 9.17) is 9.47 Å². The molecule has 0 aliphatic rings. The number of hydrogen-bond donors (Lipinski definition) is 1. The molecule has 5 heteroatoms. The van der Waals surface area contributed by atoms with Gasteiger partial charge in [-0.2, -0.15) is 0 Å². The average Bonchev–Trinajstić information content (AvgIpc) is 2.62. The molecular weight excluding hydrogens is 318 g/mol. The van der Waals surface area contributed by atoms with Gasteiger partial charge in [0.05, 0.1) is 19.6 Å². The van der Waals surface area contributed by atoms with E-state index in [1.807, 2.05) is 43.3 Å². The molecule has 0 unspecified atom stereocenters. The minimum atomic E-state index is -0.545. The summed E-state index contributed by atoms with van der Waals surface area (Å²) in [6, 6.07) is 14.8. The molecule has 2 rings (SSSR count). The highest BCUT2D eigenvalue weighted by Gasteiger charge is 2.22. The molecule has 0 aliphatic heterocycles. The zero-order valence-electron chi connectivity index (χ0n) is 14.7. The first-order valence-electron chi connectivity index (χ1n) is 8.05. The van der Waals surface area contributed by atoms with E-state index in [0.717, 1.165) is 16.7 Å². The minimum Gasteiger partial charge on any atom is -0.468 e. The summed E-state index contributed by atoms with van der Waals surface area (Å²) >= 11 is 0. The second-order valence-electron chi connectivity index (χ2n) is 5.83. The highest BCUT2D eigenvalue weighted by atomic mass is 16.5. The summed E-state index contributed by atoms with van der Waals surface area (Å²) in [5.41, 5.74) is 3.31. The van der Waals surface area contributed by atoms with Crippen LogP contribution in [0.25, 0.3) is 0 Å². The number of hydrogen-bond acceptors (Lipinski definition) is 4. The number of amides is 1. The Morgan fingerprint density at radius 3 is 2.52 bits per heavy atom. The normalized spacial score (nSPS) is 11.6. The van der Waals surface area contributed by atoms with E-state index in [9.17, 15) is 9.59 Å². The molecule has 0 bridgehead atoms. The van der Waals surface area contributed by atoms with Crippen molar-refractivity contribution < 1.29 is 19.1 Å². The molecule has 0 saturated heterocycles. The molecule has 0 aliphatic carbocycles. The Hall–Kier alpha value is -2.66. The van der Waals surface area contributed by atoms with Crippen LogP contribution in [-0.4, -0.2) is 32.6 Å². The summed E-state index contributed by atoms with van der Waals surface area (Å²) in [4.78, 5) is 24.5. The molecule has 0 fully saturated rings. The van der Waals surface area contributed by atoms with Crippen LogP contribution in [0, 0.1) is 6.92 Å². The molecular formula is C20H23NO4. The number of carbonyl (C=O) groups is 2. The van der Waals surface area contributed by atoms with Crippen molar-refractivity contribution in [3.63, 3.8) is 0 Å². The average molecular weight is 341 g/mol. The van der Waals surface area contributed by atoms with Crippen LogP contribution in [0.4, 0.5) is 0 Å². The molecule has 2 aromatic carbocycles. The molecule has 5 nitrogen and oxygen atoms in total. The summed E-state index contributed by atoms with van der Waals surface area (Å²) in [6.45, 7) is 2.57. The third-order valence-electron chi connectivity index (χ3n) is 3.90. The Labute approximate surface area is 148 Å². The van der Waals surface area contributed by atoms with E-state index in [1.54, 1.807) is 19.2 Å². The summed E-state index contributed by atoms with van der Waals surface area (Å²) < 4.78 is 9.97. The van der Waals surface area contributed by atoms with Crippen LogP contribution < -0.4 is 5.32 Å². The van der Waals surface area contributed by atoms with Crippen LogP contribution in [0.15, 0.2) is 48.5 Å². The number of carbonyl (C=O) groups excluding carboxylic acids is 2. The molecule has 0 radical (unpaired) electrons. The van der Waals surface area contributed by atoms with Gasteiger partial charge in [-0.15, -0.1) is 0 Å². The van der Waals surface area contributed by atoms with Gasteiger partial charge >= 0.3 is 5.97 Å². The predicted molar refractivity (Wildman–Crippen MR) is 95.4 cm³/mol. The van der Waals surface area contributed by atoms with Gasteiger partial charge in [0.1, 0.15) is 0 Å². The van der Waals surface area contributed by atoms with Crippen LogP contribution in [0.5, 0.6) is 0 Å². The summed E-state index contributed by atoms with van der Waals surface area (Å²) in [6.07, 6.45) is 0. The minimum absolute atomic E-state index is 0.170. The van der Waals surface area contributed by atoms with Crippen molar-refractivity contribution in [3.05, 3.63) is 70.8 Å². The largest absolute Gasteiger partial charge is 0.468 e. The number of nitrogens with one attached hydrogen (secondary N) is 1. The van der Waals surface area contributed by atoms with E-state index in [0.29, 0.717) is 12.2 Å². The molecule has 1 N–H and O–H groups in total. The molecule has 0 saturated carbocycles. The third-order valence-corrected chi connectivity index (χ3v) is 3.90. The zero-order chi connectivity index (χ0) is 18.2. The van der Waals surface area contributed by atoms with E-state index in [1.165, 1.54) is 7.11 Å². The van der Waals surface area contributed by atoms with Gasteiger partial charge in [-0.05, 0) is 30.2 Å². The lowest BCUT2D eigenvalue weighted by Crippen LogP contribution is -2.32. The van der Waals surface area contributed by atoms with E-state index in [2.05, 4.69) is 5.32 Å². The van der Waals surface area contributed by atoms with E-state index in [-0.39, 0.29) is 18.4 Å². The smallest absolute Gasteiger partial charge is 0.314 e. The van der Waals surface area contributed by atoms with Gasteiger partial charge in [0.2, 0.25) is 0 Å². The van der Waals surface area contributed by atoms with Gasteiger partial charge in [-0.1, -0.05) is 42.0 Å². The van der Waals surface area contributed by atoms with Crippen molar-refractivity contribution >= 4 is 11.9 Å². The Morgan fingerprint density at radius 1 is 1.08 bits per heavy atom. The number of ether oxygens (including phenoxy) is 2. The van der Waals surface area contributed by atoms with Crippen molar-refractivity contribution in [1.82, 2.24) is 5.32 Å². The lowest BCUT2D eigenvalue weighted by Gasteiger charge is -2.16. The number of methoxy groups -OCH3 is 2. The van der Waals surface area contributed by atoms with Crippen molar-refractivity contribution in [2.75, 3.05) is 20.8 Å². The molecule has 1 amide bonds. The maximum Gasteiger partial charge on any atom is 0.314 e. The van der Waals surface area contributed by atoms with Gasteiger partial charge in [-0.3, -0.25) is 9.59 Å². The predicted octanol–water partition coefficient (Wildman–Crippen LogP) is 2.83. The van der Waals surface area contributed by atoms with Crippen molar-refractivity contribution in [3.8, 4) is 0 Å². The van der Waals surface area contributed by atoms with Gasteiger partial charge in [-0.25, -0.2) is 0 Å². The standard InChI is InChI=1S/C20H23NO4/c1-14-6-4-8-16(10-14)18(20(23)25-3)12-21-19(22)17-9-5-7-15(11-17)13-24-2/h4-11,18H,12-13H2,1-3H3,(H,21,22)/t18-/m0/s1. The van der Waals surface area contributed by atoms with Gasteiger partial charge in [0.25, 0.3) is 5.91 Å². The Kier molecular flexibility index (Phi) is 6.71. The maximum atomic E-state index is 12.4. The first kappa shape index (κ1) is 18.7. The lowest BCUT2D eigenvalue weighted by atomic mass is 9.97. The van der Waals surface area contributed by atoms with Crippen LogP contribution in [0.3, 0.4) is 0 Å². The summed E-state index contributed by atoms with van der Waals surface area (Å²) in [7, 11) is 2.96. The fourth-order valence-electron chi connectivity index (χ4n) is 2.63. The quantitative estimate of drug-likeness (QED) is 0.787. The molecule has 0 spiro atoms. The number of benzene rings is 2. The van der Waals surface area contributed by atoms with Gasteiger partial charge < -0.3 is 14.8 Å². The van der Waals surface area contributed by atoms with E-state index < -0.39 is 5.92 Å². The lowest BCUT2D eigenvalue weighted by molar-refractivity contribution is -0.142. The maximum absolute atomic E-state index is 12.4. The summed E-state index contributed by atoms with van der Waals surface area (Å²) in [5.74, 6) is -1.16. The molecule has 1 atom stereocenters. The highest BCUT2D eigenvalue weighted by Crippen LogP contribution is 2.18. The monoisotopic (exact) mass is 341 g/mol. The topological polar surface area (TPSA) is 64.6 Å². The Bertz CT molecular complexity index is 742. The molecule has 0 aromatic heterocycles. The summed E-state index contributed by atoms with van der Waals surface area (Å²) in [5, 5.41) is 2.82. The second kappa shape index (κ2) is 8.99. The van der Waals surface area contributed by atoms with Gasteiger partial charge in [0.15, 0.2) is 0 Å². The SMILES string of the molecule is COCc1cccc(C(=O)NC[C@H](C(=O)OC)c2cccc(C)c2)c1. The van der Waals surface area contributed by atoms with Crippen LogP contribution in [0.1, 0.15) is 33.0 Å².